The van der Waals surface area contributed by atoms with Crippen molar-refractivity contribution in [2.45, 2.75) is 32.9 Å². The predicted molar refractivity (Wildman–Crippen MR) is 109 cm³/mol. The molecule has 2 heterocycles. The summed E-state index contributed by atoms with van der Waals surface area (Å²) in [5.74, 6) is 0. The molecular weight excluding hydrogens is 322 g/mol. The van der Waals surface area contributed by atoms with Gasteiger partial charge in [0.05, 0.1) is 12.7 Å². The topological polar surface area (TPSA) is 19.0 Å². The van der Waals surface area contributed by atoms with Crippen molar-refractivity contribution in [3.63, 3.8) is 0 Å². The van der Waals surface area contributed by atoms with Gasteiger partial charge < -0.3 is 4.74 Å². The minimum absolute atomic E-state index is 0.373. The second-order valence-corrected chi connectivity index (χ2v) is 8.06. The van der Waals surface area contributed by atoms with Gasteiger partial charge in [0.15, 0.2) is 0 Å². The van der Waals surface area contributed by atoms with Gasteiger partial charge in [0.25, 0.3) is 0 Å². The number of benzene rings is 1. The highest BCUT2D eigenvalue weighted by molar-refractivity contribution is 5.52. The number of morpholine rings is 1. The Hall–Kier alpha value is -1.20. The molecule has 2 aliphatic heterocycles. The maximum absolute atomic E-state index is 6.01. The summed E-state index contributed by atoms with van der Waals surface area (Å²) < 4.78 is 6.01. The number of hydrogen-bond acceptors (Lipinski definition) is 4. The first-order valence-corrected chi connectivity index (χ1v) is 10.1. The number of ether oxygens (including phenoxy) is 1. The summed E-state index contributed by atoms with van der Waals surface area (Å²) in [5.41, 5.74) is 2.74. The van der Waals surface area contributed by atoms with Crippen LogP contribution in [0.1, 0.15) is 26.3 Å². The molecule has 0 N–H and O–H groups in total. The van der Waals surface area contributed by atoms with Crippen LogP contribution < -0.4 is 0 Å². The molecule has 0 spiro atoms. The molecule has 26 heavy (non-hydrogen) atoms. The van der Waals surface area contributed by atoms with Crippen LogP contribution in [0.15, 0.2) is 35.9 Å². The minimum Gasteiger partial charge on any atom is -0.374 e. The van der Waals surface area contributed by atoms with Crippen LogP contribution in [0.5, 0.6) is 0 Å². The van der Waals surface area contributed by atoms with Crippen molar-refractivity contribution in [2.75, 3.05) is 59.0 Å². The highest BCUT2D eigenvalue weighted by Gasteiger charge is 2.25. The first kappa shape index (κ1) is 19.6. The maximum atomic E-state index is 6.01. The quantitative estimate of drug-likeness (QED) is 0.779. The lowest BCUT2D eigenvalue weighted by Gasteiger charge is -2.40. The highest BCUT2D eigenvalue weighted by atomic mass is 16.5. The van der Waals surface area contributed by atoms with Gasteiger partial charge in [-0.3, -0.25) is 14.7 Å². The SMILES string of the molecule is CC(=Cc1ccccc1)CN1CCN(CC2CN(C(C)C)CCO2)CC1. The average Bonchev–Trinajstić information content (AvgIpc) is 2.64. The summed E-state index contributed by atoms with van der Waals surface area (Å²) in [5, 5.41) is 0. The fourth-order valence-electron chi connectivity index (χ4n) is 3.97. The first-order chi connectivity index (χ1) is 12.6. The normalized spacial score (nSPS) is 24.3. The van der Waals surface area contributed by atoms with E-state index in [1.165, 1.54) is 11.1 Å². The van der Waals surface area contributed by atoms with Gasteiger partial charge in [0, 0.05) is 58.4 Å². The molecule has 0 aromatic heterocycles. The molecule has 4 heteroatoms. The molecule has 2 fully saturated rings. The van der Waals surface area contributed by atoms with Crippen molar-refractivity contribution in [3.05, 3.63) is 41.5 Å². The zero-order chi connectivity index (χ0) is 18.4. The van der Waals surface area contributed by atoms with Gasteiger partial charge in [0.1, 0.15) is 0 Å². The predicted octanol–water partition coefficient (Wildman–Crippen LogP) is 2.82. The Labute approximate surface area is 159 Å². The summed E-state index contributed by atoms with van der Waals surface area (Å²) in [6.07, 6.45) is 2.68. The zero-order valence-corrected chi connectivity index (χ0v) is 16.7. The highest BCUT2D eigenvalue weighted by Crippen LogP contribution is 2.13. The fraction of sp³-hybridized carbons (Fsp3) is 0.636. The molecule has 1 atom stereocenters. The van der Waals surface area contributed by atoms with Crippen molar-refractivity contribution in [1.82, 2.24) is 14.7 Å². The van der Waals surface area contributed by atoms with Crippen LogP contribution in [0.2, 0.25) is 0 Å². The molecule has 2 aliphatic rings. The van der Waals surface area contributed by atoms with Crippen LogP contribution in [-0.4, -0.2) is 85.8 Å². The summed E-state index contributed by atoms with van der Waals surface area (Å²) in [4.78, 5) is 7.71. The Kier molecular flexibility index (Phi) is 7.26. The van der Waals surface area contributed by atoms with E-state index in [-0.39, 0.29) is 0 Å². The molecule has 3 rings (SSSR count). The molecule has 0 aliphatic carbocycles. The van der Waals surface area contributed by atoms with Crippen molar-refractivity contribution in [3.8, 4) is 0 Å². The number of hydrogen-bond donors (Lipinski definition) is 0. The van der Waals surface area contributed by atoms with Gasteiger partial charge in [-0.15, -0.1) is 0 Å². The van der Waals surface area contributed by atoms with E-state index in [0.717, 1.165) is 59.0 Å². The average molecular weight is 358 g/mol. The van der Waals surface area contributed by atoms with E-state index in [9.17, 15) is 0 Å². The van der Waals surface area contributed by atoms with Gasteiger partial charge in [-0.1, -0.05) is 42.0 Å². The zero-order valence-electron chi connectivity index (χ0n) is 16.7. The van der Waals surface area contributed by atoms with Gasteiger partial charge >= 0.3 is 0 Å². The fourth-order valence-corrected chi connectivity index (χ4v) is 3.97. The third-order valence-corrected chi connectivity index (χ3v) is 5.51. The van der Waals surface area contributed by atoms with E-state index in [2.05, 4.69) is 71.9 Å². The van der Waals surface area contributed by atoms with Gasteiger partial charge in [0.2, 0.25) is 0 Å². The smallest absolute Gasteiger partial charge is 0.0829 e. The van der Waals surface area contributed by atoms with Crippen LogP contribution >= 0.6 is 0 Å². The number of nitrogens with zero attached hydrogens (tertiary/aromatic N) is 3. The second kappa shape index (κ2) is 9.65. The number of rotatable bonds is 6. The van der Waals surface area contributed by atoms with E-state index in [1.807, 2.05) is 0 Å². The van der Waals surface area contributed by atoms with E-state index < -0.39 is 0 Å². The van der Waals surface area contributed by atoms with Crippen LogP contribution in [-0.2, 0) is 4.74 Å². The van der Waals surface area contributed by atoms with Crippen LogP contribution in [0, 0.1) is 0 Å². The van der Waals surface area contributed by atoms with Crippen LogP contribution in [0.25, 0.3) is 6.08 Å². The van der Waals surface area contributed by atoms with E-state index in [0.29, 0.717) is 12.1 Å². The summed E-state index contributed by atoms with van der Waals surface area (Å²) in [6.45, 7) is 16.6. The lowest BCUT2D eigenvalue weighted by molar-refractivity contribution is -0.0561. The number of piperazine rings is 1. The third-order valence-electron chi connectivity index (χ3n) is 5.51. The largest absolute Gasteiger partial charge is 0.374 e. The van der Waals surface area contributed by atoms with Gasteiger partial charge in [-0.25, -0.2) is 0 Å². The molecule has 0 bridgehead atoms. The van der Waals surface area contributed by atoms with Crippen LogP contribution in [0.3, 0.4) is 0 Å². The van der Waals surface area contributed by atoms with Crippen molar-refractivity contribution < 1.29 is 4.74 Å². The third kappa shape index (κ3) is 5.92. The Morgan fingerprint density at radius 1 is 1.08 bits per heavy atom. The molecule has 1 aromatic carbocycles. The molecular formula is C22H35N3O. The Morgan fingerprint density at radius 3 is 2.46 bits per heavy atom. The van der Waals surface area contributed by atoms with Gasteiger partial charge in [-0.05, 0) is 26.3 Å². The second-order valence-electron chi connectivity index (χ2n) is 8.06. The Balaban J connectivity index is 1.41. The summed E-state index contributed by atoms with van der Waals surface area (Å²) in [7, 11) is 0. The van der Waals surface area contributed by atoms with Crippen molar-refractivity contribution in [2.24, 2.45) is 0 Å². The Morgan fingerprint density at radius 2 is 1.77 bits per heavy atom. The van der Waals surface area contributed by atoms with Gasteiger partial charge in [-0.2, -0.15) is 0 Å². The van der Waals surface area contributed by atoms with E-state index in [4.69, 9.17) is 4.74 Å². The summed E-state index contributed by atoms with van der Waals surface area (Å²) in [6, 6.07) is 11.2. The molecule has 4 nitrogen and oxygen atoms in total. The molecule has 2 saturated heterocycles. The molecule has 0 amide bonds. The van der Waals surface area contributed by atoms with Crippen LogP contribution in [0.4, 0.5) is 0 Å². The van der Waals surface area contributed by atoms with Crippen molar-refractivity contribution in [1.29, 1.82) is 0 Å². The molecule has 0 saturated carbocycles. The maximum Gasteiger partial charge on any atom is 0.0829 e. The molecule has 0 radical (unpaired) electrons. The summed E-state index contributed by atoms with van der Waals surface area (Å²) >= 11 is 0. The monoisotopic (exact) mass is 357 g/mol. The lowest BCUT2D eigenvalue weighted by atomic mass is 10.1. The molecule has 144 valence electrons. The van der Waals surface area contributed by atoms with E-state index in [1.54, 1.807) is 0 Å². The Bertz CT molecular complexity index is 564. The van der Waals surface area contributed by atoms with Crippen molar-refractivity contribution >= 4 is 6.08 Å². The molecule has 1 aromatic rings. The minimum atomic E-state index is 0.373. The first-order valence-electron chi connectivity index (χ1n) is 10.1. The lowest BCUT2D eigenvalue weighted by Crippen LogP contribution is -2.53. The molecule has 1 unspecified atom stereocenters. The standard InChI is InChI=1S/C22H35N3O/c1-19(2)25-13-14-26-22(18-25)17-24-11-9-23(10-12-24)16-20(3)15-21-7-5-4-6-8-21/h4-8,15,19,22H,9-14,16-18H2,1-3H3. The van der Waals surface area contributed by atoms with E-state index >= 15 is 0 Å².